The van der Waals surface area contributed by atoms with E-state index in [-0.39, 0.29) is 0 Å². The molecule has 2 aromatic rings. The molecular formula is C10H7Br2N. The minimum absolute atomic E-state index is 0.803. The maximum Gasteiger partial charge on any atom is 0.0405 e. The second-order valence-corrected chi connectivity index (χ2v) is 4.69. The highest BCUT2D eigenvalue weighted by Gasteiger charge is 1.99. The van der Waals surface area contributed by atoms with Crippen LogP contribution in [0.15, 0.2) is 39.3 Å². The van der Waals surface area contributed by atoms with E-state index in [1.165, 1.54) is 0 Å². The Labute approximate surface area is 93.2 Å². The Bertz CT molecular complexity index is 460. The zero-order valence-corrected chi connectivity index (χ0v) is 9.89. The molecule has 3 heteroatoms. The molecule has 0 fully saturated rings. The van der Waals surface area contributed by atoms with Crippen LogP contribution in [0.3, 0.4) is 0 Å². The van der Waals surface area contributed by atoms with Crippen molar-refractivity contribution in [3.8, 4) is 0 Å². The van der Waals surface area contributed by atoms with Gasteiger partial charge in [-0.2, -0.15) is 0 Å². The molecule has 0 bridgehead atoms. The first-order valence-electron chi connectivity index (χ1n) is 3.81. The molecule has 0 unspecified atom stereocenters. The summed E-state index contributed by atoms with van der Waals surface area (Å²) < 4.78 is 2.08. The Hall–Kier alpha value is -0.540. The summed E-state index contributed by atoms with van der Waals surface area (Å²) in [6.45, 7) is 0. The number of nitrogen functional groups attached to an aromatic ring is 1. The molecule has 0 spiro atoms. The van der Waals surface area contributed by atoms with Gasteiger partial charge < -0.3 is 5.73 Å². The van der Waals surface area contributed by atoms with Crippen molar-refractivity contribution in [1.29, 1.82) is 0 Å². The van der Waals surface area contributed by atoms with Crippen LogP contribution in [-0.2, 0) is 0 Å². The van der Waals surface area contributed by atoms with Gasteiger partial charge in [0.15, 0.2) is 0 Å². The normalized spacial score (nSPS) is 10.6. The molecule has 2 aromatic carbocycles. The fourth-order valence-corrected chi connectivity index (χ4v) is 2.20. The summed E-state index contributed by atoms with van der Waals surface area (Å²) in [6.07, 6.45) is 0. The smallest absolute Gasteiger partial charge is 0.0405 e. The first-order valence-corrected chi connectivity index (χ1v) is 5.40. The lowest BCUT2D eigenvalue weighted by Gasteiger charge is -2.03. The van der Waals surface area contributed by atoms with Gasteiger partial charge in [-0.05, 0) is 29.7 Å². The molecule has 0 atom stereocenters. The van der Waals surface area contributed by atoms with E-state index in [0.29, 0.717) is 0 Å². The van der Waals surface area contributed by atoms with Crippen molar-refractivity contribution < 1.29 is 0 Å². The number of anilines is 1. The fourth-order valence-electron chi connectivity index (χ4n) is 1.33. The second kappa shape index (κ2) is 3.31. The summed E-state index contributed by atoms with van der Waals surface area (Å²) in [7, 11) is 0. The van der Waals surface area contributed by atoms with E-state index in [4.69, 9.17) is 5.73 Å². The topological polar surface area (TPSA) is 26.0 Å². The van der Waals surface area contributed by atoms with Crippen LogP contribution in [0.4, 0.5) is 5.69 Å². The maximum absolute atomic E-state index is 5.86. The Morgan fingerprint density at radius 2 is 1.62 bits per heavy atom. The van der Waals surface area contributed by atoms with Crippen molar-refractivity contribution in [1.82, 2.24) is 0 Å². The van der Waals surface area contributed by atoms with Crippen LogP contribution < -0.4 is 5.73 Å². The molecule has 0 saturated carbocycles. The highest BCUT2D eigenvalue weighted by molar-refractivity contribution is 9.10. The van der Waals surface area contributed by atoms with Crippen LogP contribution in [0.1, 0.15) is 0 Å². The Morgan fingerprint density at radius 3 is 2.38 bits per heavy atom. The van der Waals surface area contributed by atoms with Crippen molar-refractivity contribution in [2.45, 2.75) is 0 Å². The summed E-state index contributed by atoms with van der Waals surface area (Å²) in [4.78, 5) is 0. The lowest BCUT2D eigenvalue weighted by molar-refractivity contribution is 1.66. The van der Waals surface area contributed by atoms with Crippen LogP contribution in [0.2, 0.25) is 0 Å². The average Bonchev–Trinajstić information content (AvgIpc) is 2.02. The number of halogens is 2. The standard InChI is InChI=1S/C10H7Br2N/c11-7-1-2-9-6(3-7)4-8(12)5-10(9)13/h1-5H,13H2. The van der Waals surface area contributed by atoms with Gasteiger partial charge in [0.25, 0.3) is 0 Å². The molecule has 0 saturated heterocycles. The molecular weight excluding hydrogens is 294 g/mol. The summed E-state index contributed by atoms with van der Waals surface area (Å²) in [5.74, 6) is 0. The van der Waals surface area contributed by atoms with Crippen LogP contribution in [0, 0.1) is 0 Å². The number of hydrogen-bond acceptors (Lipinski definition) is 1. The Balaban J connectivity index is 2.86. The van der Waals surface area contributed by atoms with Gasteiger partial charge in [0.05, 0.1) is 0 Å². The van der Waals surface area contributed by atoms with E-state index in [9.17, 15) is 0 Å². The molecule has 13 heavy (non-hydrogen) atoms. The average molecular weight is 301 g/mol. The van der Waals surface area contributed by atoms with Gasteiger partial charge in [0, 0.05) is 20.0 Å². The van der Waals surface area contributed by atoms with Crippen LogP contribution in [0.25, 0.3) is 10.8 Å². The van der Waals surface area contributed by atoms with E-state index in [1.807, 2.05) is 18.2 Å². The van der Waals surface area contributed by atoms with Crippen molar-refractivity contribution in [3.63, 3.8) is 0 Å². The fraction of sp³-hybridized carbons (Fsp3) is 0. The van der Waals surface area contributed by atoms with E-state index in [2.05, 4.69) is 44.0 Å². The Morgan fingerprint density at radius 1 is 0.923 bits per heavy atom. The molecule has 0 amide bonds. The van der Waals surface area contributed by atoms with Crippen LogP contribution >= 0.6 is 31.9 Å². The number of hydrogen-bond donors (Lipinski definition) is 1. The van der Waals surface area contributed by atoms with Gasteiger partial charge >= 0.3 is 0 Å². The third-order valence-electron chi connectivity index (χ3n) is 1.91. The molecule has 0 aliphatic rings. The summed E-state index contributed by atoms with van der Waals surface area (Å²) in [5.41, 5.74) is 6.66. The van der Waals surface area contributed by atoms with E-state index in [0.717, 1.165) is 25.4 Å². The van der Waals surface area contributed by atoms with Crippen molar-refractivity contribution in [2.24, 2.45) is 0 Å². The third-order valence-corrected chi connectivity index (χ3v) is 2.86. The van der Waals surface area contributed by atoms with Crippen molar-refractivity contribution in [3.05, 3.63) is 39.3 Å². The Kier molecular flexibility index (Phi) is 2.30. The van der Waals surface area contributed by atoms with E-state index < -0.39 is 0 Å². The number of rotatable bonds is 0. The monoisotopic (exact) mass is 299 g/mol. The largest absolute Gasteiger partial charge is 0.398 e. The molecule has 66 valence electrons. The van der Waals surface area contributed by atoms with Gasteiger partial charge in [-0.1, -0.05) is 37.9 Å². The van der Waals surface area contributed by atoms with Crippen LogP contribution in [-0.4, -0.2) is 0 Å². The van der Waals surface area contributed by atoms with Gasteiger partial charge in [-0.15, -0.1) is 0 Å². The van der Waals surface area contributed by atoms with Crippen LogP contribution in [0.5, 0.6) is 0 Å². The van der Waals surface area contributed by atoms with Crippen molar-refractivity contribution >= 4 is 48.3 Å². The predicted octanol–water partition coefficient (Wildman–Crippen LogP) is 3.95. The minimum Gasteiger partial charge on any atom is -0.398 e. The maximum atomic E-state index is 5.86. The SMILES string of the molecule is Nc1cc(Br)cc2cc(Br)ccc12. The first kappa shape index (κ1) is 9.03. The quantitative estimate of drug-likeness (QED) is 0.733. The molecule has 0 radical (unpaired) electrons. The van der Waals surface area contributed by atoms with Gasteiger partial charge in [-0.25, -0.2) is 0 Å². The summed E-state index contributed by atoms with van der Waals surface area (Å²) >= 11 is 6.84. The van der Waals surface area contributed by atoms with Gasteiger partial charge in [0.2, 0.25) is 0 Å². The highest BCUT2D eigenvalue weighted by Crippen LogP contribution is 2.28. The molecule has 2 rings (SSSR count). The zero-order chi connectivity index (χ0) is 9.42. The predicted molar refractivity (Wildman–Crippen MR) is 63.8 cm³/mol. The lowest BCUT2D eigenvalue weighted by atomic mass is 10.1. The molecule has 1 nitrogen and oxygen atoms in total. The van der Waals surface area contributed by atoms with Crippen molar-refractivity contribution in [2.75, 3.05) is 5.73 Å². The molecule has 0 aliphatic carbocycles. The number of nitrogens with two attached hydrogens (primary N) is 1. The number of fused-ring (bicyclic) bond motifs is 1. The zero-order valence-electron chi connectivity index (χ0n) is 6.72. The molecule has 0 aromatic heterocycles. The second-order valence-electron chi connectivity index (χ2n) is 2.86. The number of benzene rings is 2. The van der Waals surface area contributed by atoms with E-state index >= 15 is 0 Å². The molecule has 0 heterocycles. The summed E-state index contributed by atoms with van der Waals surface area (Å²) in [5, 5.41) is 2.23. The first-order chi connectivity index (χ1) is 6.16. The molecule has 0 aliphatic heterocycles. The summed E-state index contributed by atoms with van der Waals surface area (Å²) in [6, 6.07) is 10.0. The third kappa shape index (κ3) is 1.71. The van der Waals surface area contributed by atoms with Gasteiger partial charge in [0.1, 0.15) is 0 Å². The van der Waals surface area contributed by atoms with E-state index in [1.54, 1.807) is 0 Å². The highest BCUT2D eigenvalue weighted by atomic mass is 79.9. The minimum atomic E-state index is 0.803. The molecule has 2 N–H and O–H groups in total. The van der Waals surface area contributed by atoms with Gasteiger partial charge in [-0.3, -0.25) is 0 Å². The lowest BCUT2D eigenvalue weighted by Crippen LogP contribution is -1.86.